The zero-order chi connectivity index (χ0) is 13.8. The molecule has 0 aliphatic heterocycles. The minimum absolute atomic E-state index is 0.0347. The number of alkyl halides is 3. The smallest absolute Gasteiger partial charge is 0.381 e. The van der Waals surface area contributed by atoms with E-state index >= 15 is 0 Å². The largest absolute Gasteiger partial charge is 0.389 e. The molecule has 18 heavy (non-hydrogen) atoms. The first-order valence-corrected chi connectivity index (χ1v) is 6.25. The molecule has 0 saturated carbocycles. The monoisotopic (exact) mass is 279 g/mol. The highest BCUT2D eigenvalue weighted by Crippen LogP contribution is 2.26. The Morgan fingerprint density at radius 1 is 1.33 bits per heavy atom. The first kappa shape index (κ1) is 15.2. The van der Waals surface area contributed by atoms with Crippen LogP contribution in [0.5, 0.6) is 0 Å². The summed E-state index contributed by atoms with van der Waals surface area (Å²) in [6.45, 7) is 3.79. The predicted molar refractivity (Wildman–Crippen MR) is 69.2 cm³/mol. The van der Waals surface area contributed by atoms with Crippen molar-refractivity contribution in [2.45, 2.75) is 45.3 Å². The molecule has 5 heteroatoms. The van der Waals surface area contributed by atoms with Crippen LogP contribution in [0.1, 0.15) is 31.7 Å². The molecule has 1 atom stereocenters. The lowest BCUT2D eigenvalue weighted by atomic mass is 10.1. The Hall–Kier alpha value is -0.900. The number of aryl methyl sites for hydroxylation is 1. The van der Waals surface area contributed by atoms with Crippen molar-refractivity contribution in [3.05, 3.63) is 28.8 Å². The van der Waals surface area contributed by atoms with Crippen molar-refractivity contribution >= 4 is 17.3 Å². The Bertz CT molecular complexity index is 390. The van der Waals surface area contributed by atoms with E-state index < -0.39 is 12.6 Å². The third-order valence-corrected chi connectivity index (χ3v) is 2.94. The van der Waals surface area contributed by atoms with Crippen molar-refractivity contribution < 1.29 is 13.2 Å². The Kier molecular flexibility index (Phi) is 5.32. The average molecular weight is 280 g/mol. The van der Waals surface area contributed by atoms with Crippen LogP contribution < -0.4 is 5.32 Å². The molecule has 0 amide bonds. The molecular weight excluding hydrogens is 263 g/mol. The maximum Gasteiger partial charge on any atom is 0.389 e. The van der Waals surface area contributed by atoms with Crippen molar-refractivity contribution in [1.82, 2.24) is 0 Å². The van der Waals surface area contributed by atoms with Crippen LogP contribution in [0.2, 0.25) is 5.02 Å². The number of hydrogen-bond acceptors (Lipinski definition) is 1. The summed E-state index contributed by atoms with van der Waals surface area (Å²) in [7, 11) is 0. The van der Waals surface area contributed by atoms with Gasteiger partial charge in [-0.3, -0.25) is 0 Å². The van der Waals surface area contributed by atoms with Crippen LogP contribution in [0.25, 0.3) is 0 Å². The Balaban J connectivity index is 2.42. The van der Waals surface area contributed by atoms with E-state index in [1.807, 2.05) is 32.0 Å². The molecule has 0 aliphatic rings. The van der Waals surface area contributed by atoms with Crippen molar-refractivity contribution in [3.63, 3.8) is 0 Å². The lowest BCUT2D eigenvalue weighted by Crippen LogP contribution is -2.17. The second-order valence-electron chi connectivity index (χ2n) is 4.54. The van der Waals surface area contributed by atoms with Crippen molar-refractivity contribution in [1.29, 1.82) is 0 Å². The van der Waals surface area contributed by atoms with Crippen LogP contribution in [-0.4, -0.2) is 12.2 Å². The zero-order valence-corrected chi connectivity index (χ0v) is 11.2. The van der Waals surface area contributed by atoms with Gasteiger partial charge in [0.25, 0.3) is 0 Å². The zero-order valence-electron chi connectivity index (χ0n) is 10.4. The summed E-state index contributed by atoms with van der Waals surface area (Å²) in [4.78, 5) is 0. The van der Waals surface area contributed by atoms with E-state index in [-0.39, 0.29) is 12.5 Å². The molecule has 0 bridgehead atoms. The van der Waals surface area contributed by atoms with E-state index in [9.17, 15) is 13.2 Å². The number of rotatable bonds is 5. The highest BCUT2D eigenvalue weighted by molar-refractivity contribution is 6.33. The molecule has 1 nitrogen and oxygen atoms in total. The minimum atomic E-state index is -4.07. The van der Waals surface area contributed by atoms with E-state index in [0.29, 0.717) is 11.4 Å². The number of hydrogen-bond donors (Lipinski definition) is 1. The van der Waals surface area contributed by atoms with E-state index in [1.54, 1.807) is 0 Å². The SMILES string of the molecule is Cc1ccc(NC(C)CCCC(F)(F)F)c(Cl)c1. The summed E-state index contributed by atoms with van der Waals surface area (Å²) < 4.78 is 36.0. The third kappa shape index (κ3) is 5.63. The summed E-state index contributed by atoms with van der Waals surface area (Å²) >= 11 is 6.04. The van der Waals surface area contributed by atoms with E-state index in [1.165, 1.54) is 0 Å². The first-order chi connectivity index (χ1) is 8.28. The molecule has 0 aromatic heterocycles. The molecule has 0 spiro atoms. The molecule has 0 saturated heterocycles. The Morgan fingerprint density at radius 2 is 2.00 bits per heavy atom. The van der Waals surface area contributed by atoms with Crippen LogP contribution in [0.15, 0.2) is 18.2 Å². The fourth-order valence-electron chi connectivity index (χ4n) is 1.68. The molecule has 0 aliphatic carbocycles. The second-order valence-corrected chi connectivity index (χ2v) is 4.94. The van der Waals surface area contributed by atoms with Gasteiger partial charge in [-0.15, -0.1) is 0 Å². The van der Waals surface area contributed by atoms with Gasteiger partial charge in [0.2, 0.25) is 0 Å². The van der Waals surface area contributed by atoms with Crippen LogP contribution >= 0.6 is 11.6 Å². The molecule has 102 valence electrons. The van der Waals surface area contributed by atoms with E-state index in [2.05, 4.69) is 5.32 Å². The maximum atomic E-state index is 12.0. The van der Waals surface area contributed by atoms with Gasteiger partial charge >= 0.3 is 6.18 Å². The van der Waals surface area contributed by atoms with Gasteiger partial charge in [-0.2, -0.15) is 13.2 Å². The molecule has 0 radical (unpaired) electrons. The predicted octanol–water partition coefficient (Wildman–Crippen LogP) is 5.18. The van der Waals surface area contributed by atoms with Gasteiger partial charge in [0, 0.05) is 12.5 Å². The van der Waals surface area contributed by atoms with E-state index in [0.717, 1.165) is 11.3 Å². The third-order valence-electron chi connectivity index (χ3n) is 2.62. The topological polar surface area (TPSA) is 12.0 Å². The molecule has 1 rings (SSSR count). The fourth-order valence-corrected chi connectivity index (χ4v) is 1.97. The van der Waals surface area contributed by atoms with Crippen LogP contribution in [0.4, 0.5) is 18.9 Å². The van der Waals surface area contributed by atoms with Crippen LogP contribution in [0, 0.1) is 6.92 Å². The molecule has 1 N–H and O–H groups in total. The Morgan fingerprint density at radius 3 is 2.56 bits per heavy atom. The van der Waals surface area contributed by atoms with Gasteiger partial charge < -0.3 is 5.32 Å². The highest BCUT2D eigenvalue weighted by Gasteiger charge is 2.26. The molecule has 0 fully saturated rings. The summed E-state index contributed by atoms with van der Waals surface area (Å²) in [6.07, 6.45) is -4.22. The lowest BCUT2D eigenvalue weighted by Gasteiger charge is -2.17. The standard InChI is InChI=1S/C13H17ClF3N/c1-9-5-6-12(11(14)8-9)18-10(2)4-3-7-13(15,16)17/h5-6,8,10,18H,3-4,7H2,1-2H3. The average Bonchev–Trinajstić information content (AvgIpc) is 2.20. The Labute approximate surface area is 110 Å². The number of halogens is 4. The lowest BCUT2D eigenvalue weighted by molar-refractivity contribution is -0.135. The van der Waals surface area contributed by atoms with Gasteiger partial charge in [-0.1, -0.05) is 17.7 Å². The summed E-state index contributed by atoms with van der Waals surface area (Å²) in [5.74, 6) is 0. The van der Waals surface area contributed by atoms with Crippen molar-refractivity contribution in [2.24, 2.45) is 0 Å². The number of nitrogens with one attached hydrogen (secondary N) is 1. The quantitative estimate of drug-likeness (QED) is 0.783. The van der Waals surface area contributed by atoms with Gasteiger partial charge in [-0.05, 0) is 44.4 Å². The first-order valence-electron chi connectivity index (χ1n) is 5.87. The van der Waals surface area contributed by atoms with E-state index in [4.69, 9.17) is 11.6 Å². The molecular formula is C13H17ClF3N. The van der Waals surface area contributed by atoms with Gasteiger partial charge in [0.1, 0.15) is 0 Å². The van der Waals surface area contributed by atoms with Crippen LogP contribution in [0.3, 0.4) is 0 Å². The van der Waals surface area contributed by atoms with Gasteiger partial charge in [0.15, 0.2) is 0 Å². The summed E-state index contributed by atoms with van der Waals surface area (Å²) in [5, 5.41) is 3.72. The second kappa shape index (κ2) is 6.32. The summed E-state index contributed by atoms with van der Waals surface area (Å²) in [6, 6.07) is 5.55. The highest BCUT2D eigenvalue weighted by atomic mass is 35.5. The van der Waals surface area contributed by atoms with Crippen molar-refractivity contribution in [3.8, 4) is 0 Å². The normalized spacial score (nSPS) is 13.4. The van der Waals surface area contributed by atoms with Crippen molar-refractivity contribution in [2.75, 3.05) is 5.32 Å². The fraction of sp³-hybridized carbons (Fsp3) is 0.538. The van der Waals surface area contributed by atoms with Crippen LogP contribution in [-0.2, 0) is 0 Å². The minimum Gasteiger partial charge on any atom is -0.381 e. The summed E-state index contributed by atoms with van der Waals surface area (Å²) in [5.41, 5.74) is 1.82. The molecule has 1 unspecified atom stereocenters. The number of benzene rings is 1. The maximum absolute atomic E-state index is 12.0. The molecule has 0 heterocycles. The van der Waals surface area contributed by atoms with Gasteiger partial charge in [0.05, 0.1) is 10.7 Å². The molecule has 1 aromatic carbocycles. The number of anilines is 1. The molecule has 1 aromatic rings. The van der Waals surface area contributed by atoms with Gasteiger partial charge in [-0.25, -0.2) is 0 Å².